The van der Waals surface area contributed by atoms with E-state index in [-0.39, 0.29) is 6.61 Å². The van der Waals surface area contributed by atoms with Gasteiger partial charge in [0.15, 0.2) is 11.2 Å². The Kier molecular flexibility index (Phi) is 9.28. The van der Waals surface area contributed by atoms with Crippen LogP contribution in [0.25, 0.3) is 11.2 Å². The minimum atomic E-state index is -1.31. The molecule has 5 aromatic rings. The number of hydrogen-bond donors (Lipinski definition) is 2. The van der Waals surface area contributed by atoms with Crippen LogP contribution in [0.5, 0.6) is 11.6 Å². The minimum absolute atomic E-state index is 0.228. The van der Waals surface area contributed by atoms with Gasteiger partial charge in [-0.3, -0.25) is 4.57 Å². The highest BCUT2D eigenvalue weighted by atomic mass is 16.6. The van der Waals surface area contributed by atoms with Crippen molar-refractivity contribution in [1.82, 2.24) is 19.5 Å². The number of aliphatic hydroxyl groups excluding tert-OH is 1. The highest BCUT2D eigenvalue weighted by Crippen LogP contribution is 2.41. The van der Waals surface area contributed by atoms with E-state index in [4.69, 9.17) is 18.9 Å². The van der Waals surface area contributed by atoms with E-state index in [1.54, 1.807) is 14.2 Å². The molecule has 1 unspecified atom stereocenters. The first-order valence-corrected chi connectivity index (χ1v) is 13.8. The number of aliphatic hydroxyl groups is 1. The molecule has 0 aliphatic rings. The second-order valence-electron chi connectivity index (χ2n) is 9.40. The molecule has 3 aromatic carbocycles. The van der Waals surface area contributed by atoms with Gasteiger partial charge < -0.3 is 29.4 Å². The number of methoxy groups -OCH3 is 1. The fraction of sp³-hybridized carbons (Fsp3) is 0.281. The van der Waals surface area contributed by atoms with E-state index < -0.39 is 12.0 Å². The average Bonchev–Trinajstić information content (AvgIpc) is 3.48. The van der Waals surface area contributed by atoms with Crippen LogP contribution in [-0.4, -0.2) is 58.6 Å². The molecular weight excluding hydrogens is 534 g/mol. The molecule has 0 fully saturated rings. The van der Waals surface area contributed by atoms with Crippen molar-refractivity contribution in [1.29, 1.82) is 0 Å². The van der Waals surface area contributed by atoms with E-state index in [9.17, 15) is 5.11 Å². The van der Waals surface area contributed by atoms with E-state index >= 15 is 0 Å². The van der Waals surface area contributed by atoms with E-state index in [0.29, 0.717) is 42.6 Å². The molecule has 0 aliphatic carbocycles. The van der Waals surface area contributed by atoms with Crippen molar-refractivity contribution in [2.24, 2.45) is 0 Å². The molecule has 0 saturated heterocycles. The first-order chi connectivity index (χ1) is 20.6. The van der Waals surface area contributed by atoms with Crippen LogP contribution in [0.1, 0.15) is 36.4 Å². The van der Waals surface area contributed by atoms with Crippen LogP contribution in [0.4, 0.5) is 5.95 Å². The van der Waals surface area contributed by atoms with Crippen molar-refractivity contribution in [2.45, 2.75) is 25.4 Å². The first-order valence-electron chi connectivity index (χ1n) is 13.8. The summed E-state index contributed by atoms with van der Waals surface area (Å²) in [4.78, 5) is 13.1. The van der Waals surface area contributed by atoms with Crippen molar-refractivity contribution in [3.05, 3.63) is 108 Å². The molecule has 0 spiro atoms. The largest absolute Gasteiger partial charge is 0.497 e. The lowest BCUT2D eigenvalue weighted by Crippen LogP contribution is -2.33. The predicted molar refractivity (Wildman–Crippen MR) is 160 cm³/mol. The van der Waals surface area contributed by atoms with Crippen LogP contribution in [0.2, 0.25) is 0 Å². The monoisotopic (exact) mass is 569 g/mol. The number of anilines is 1. The summed E-state index contributed by atoms with van der Waals surface area (Å²) in [6, 6.07) is 28.2. The topological polar surface area (TPSA) is 113 Å². The van der Waals surface area contributed by atoms with Gasteiger partial charge in [-0.25, -0.2) is 4.98 Å². The number of aromatic nitrogens is 4. The van der Waals surface area contributed by atoms with Gasteiger partial charge in [-0.15, -0.1) is 0 Å². The summed E-state index contributed by atoms with van der Waals surface area (Å²) in [5, 5.41) is 13.8. The summed E-state index contributed by atoms with van der Waals surface area (Å²) >= 11 is 0. The lowest BCUT2D eigenvalue weighted by atomic mass is 9.80. The molecule has 2 aromatic heterocycles. The molecular formula is C32H35N5O5. The van der Waals surface area contributed by atoms with Gasteiger partial charge >= 0.3 is 0 Å². The second kappa shape index (κ2) is 13.4. The number of hydrogen-bond acceptors (Lipinski definition) is 9. The summed E-state index contributed by atoms with van der Waals surface area (Å²) < 4.78 is 25.1. The van der Waals surface area contributed by atoms with Crippen molar-refractivity contribution in [3.63, 3.8) is 0 Å². The number of nitrogens with zero attached hydrogens (tertiary/aromatic N) is 4. The quantitative estimate of drug-likeness (QED) is 0.107. The van der Waals surface area contributed by atoms with Crippen LogP contribution in [-0.2, 0) is 15.1 Å². The maximum atomic E-state index is 10.9. The van der Waals surface area contributed by atoms with Gasteiger partial charge in [-0.2, -0.15) is 9.97 Å². The molecule has 2 heterocycles. The number of fused-ring (bicyclic) bond motifs is 1. The van der Waals surface area contributed by atoms with Gasteiger partial charge in [0, 0.05) is 7.05 Å². The maximum Gasteiger partial charge on any atom is 0.247 e. The van der Waals surface area contributed by atoms with Gasteiger partial charge in [0.2, 0.25) is 18.2 Å². The number of nitrogens with one attached hydrogen (secondary N) is 1. The van der Waals surface area contributed by atoms with Crippen molar-refractivity contribution in [2.75, 3.05) is 39.3 Å². The molecule has 218 valence electrons. The number of ether oxygens (including phenoxy) is 4. The van der Waals surface area contributed by atoms with E-state index in [0.717, 1.165) is 22.4 Å². The van der Waals surface area contributed by atoms with Crippen LogP contribution < -0.4 is 14.8 Å². The standard InChI is InChI=1S/C32H35N5O5/c1-4-40-29-27-28(35-30(33-2)36-29)37(22-34-27)31(38)41-20-11-21-42-32(23-12-7-5-8-13-23,24-14-9-6-10-15-24)25-16-18-26(39-3)19-17-25/h5-10,12-19,22,31,38H,4,11,20-21H2,1-3H3,(H,33,35,36). The number of rotatable bonds is 14. The Labute approximate surface area is 244 Å². The van der Waals surface area contributed by atoms with Crippen LogP contribution in [0.15, 0.2) is 91.3 Å². The second-order valence-corrected chi connectivity index (χ2v) is 9.40. The highest BCUT2D eigenvalue weighted by Gasteiger charge is 2.37. The molecule has 0 radical (unpaired) electrons. The average molecular weight is 570 g/mol. The van der Waals surface area contributed by atoms with Crippen LogP contribution in [0, 0.1) is 0 Å². The van der Waals surface area contributed by atoms with Crippen LogP contribution >= 0.6 is 0 Å². The third-order valence-electron chi connectivity index (χ3n) is 6.86. The van der Waals surface area contributed by atoms with Gasteiger partial charge in [0.1, 0.15) is 17.7 Å². The smallest absolute Gasteiger partial charge is 0.247 e. The summed E-state index contributed by atoms with van der Waals surface area (Å²) in [6.07, 6.45) is 0.670. The molecule has 1 atom stereocenters. The fourth-order valence-corrected chi connectivity index (χ4v) is 4.88. The highest BCUT2D eigenvalue weighted by molar-refractivity contribution is 5.77. The zero-order valence-electron chi connectivity index (χ0n) is 23.9. The molecule has 42 heavy (non-hydrogen) atoms. The van der Waals surface area contributed by atoms with Crippen LogP contribution in [0.3, 0.4) is 0 Å². The van der Waals surface area contributed by atoms with E-state index in [1.165, 1.54) is 10.9 Å². The molecule has 0 amide bonds. The molecule has 10 nitrogen and oxygen atoms in total. The Morgan fingerprint density at radius 1 is 0.881 bits per heavy atom. The van der Waals surface area contributed by atoms with Gasteiger partial charge in [-0.1, -0.05) is 72.8 Å². The van der Waals surface area contributed by atoms with E-state index in [1.807, 2.05) is 67.6 Å². The van der Waals surface area contributed by atoms with E-state index in [2.05, 4.69) is 44.5 Å². The van der Waals surface area contributed by atoms with Gasteiger partial charge in [-0.05, 0) is 42.2 Å². The lowest BCUT2D eigenvalue weighted by Gasteiger charge is -2.36. The first kappa shape index (κ1) is 29.0. The van der Waals surface area contributed by atoms with Gasteiger partial charge in [0.25, 0.3) is 0 Å². The van der Waals surface area contributed by atoms with Crippen molar-refractivity contribution in [3.8, 4) is 11.6 Å². The molecule has 2 N–H and O–H groups in total. The Balaban J connectivity index is 1.35. The molecule has 0 bridgehead atoms. The maximum absolute atomic E-state index is 10.9. The van der Waals surface area contributed by atoms with Crippen molar-refractivity contribution >= 4 is 17.1 Å². The molecule has 0 aliphatic heterocycles. The molecule has 0 saturated carbocycles. The Morgan fingerprint density at radius 2 is 1.52 bits per heavy atom. The normalized spacial score (nSPS) is 12.3. The number of imidazole rings is 1. The van der Waals surface area contributed by atoms with Gasteiger partial charge in [0.05, 0.1) is 26.9 Å². The fourth-order valence-electron chi connectivity index (χ4n) is 4.88. The summed E-state index contributed by atoms with van der Waals surface area (Å²) in [5.74, 6) is 1.46. The molecule has 10 heteroatoms. The third kappa shape index (κ3) is 5.91. The zero-order valence-corrected chi connectivity index (χ0v) is 23.9. The Bertz CT molecular complexity index is 1520. The Morgan fingerprint density at radius 3 is 2.12 bits per heavy atom. The van der Waals surface area contributed by atoms with Crippen molar-refractivity contribution < 1.29 is 24.1 Å². The summed E-state index contributed by atoms with van der Waals surface area (Å²) in [7, 11) is 3.36. The molecule has 5 rings (SSSR count). The number of benzene rings is 3. The Hall–Kier alpha value is -4.51. The summed E-state index contributed by atoms with van der Waals surface area (Å²) in [6.45, 7) is 2.87. The SMILES string of the molecule is CCOc1nc(NC)nc2c1ncn2C(O)OCCCOC(c1ccccc1)(c1ccccc1)c1ccc(OC)cc1. The minimum Gasteiger partial charge on any atom is -0.497 e. The summed E-state index contributed by atoms with van der Waals surface area (Å²) in [5.41, 5.74) is 2.93. The lowest BCUT2D eigenvalue weighted by molar-refractivity contribution is -0.154. The third-order valence-corrected chi connectivity index (χ3v) is 6.86. The predicted octanol–water partition coefficient (Wildman–Crippen LogP) is 5.14. The zero-order chi connectivity index (χ0) is 29.4.